The molecule has 4 nitrogen and oxygen atoms in total. The van der Waals surface area contributed by atoms with Crippen molar-refractivity contribution in [2.45, 2.75) is 38.3 Å². The summed E-state index contributed by atoms with van der Waals surface area (Å²) < 4.78 is 23.5. The fraction of sp³-hybridized carbons (Fsp3) is 0.625. The van der Waals surface area contributed by atoms with Crippen LogP contribution in [0, 0.1) is 0 Å². The summed E-state index contributed by atoms with van der Waals surface area (Å²) in [5, 5.41) is 3.61. The Morgan fingerprint density at radius 1 is 1.29 bits per heavy atom. The lowest BCUT2D eigenvalue weighted by atomic mass is 9.94. The molecule has 0 aliphatic carbocycles. The second-order valence-corrected chi connectivity index (χ2v) is 8.33. The predicted octanol–water partition coefficient (Wildman–Crippen LogP) is 2.12. The molecule has 0 aromatic heterocycles. The molecule has 2 aliphatic heterocycles. The number of benzene rings is 1. The molecule has 2 unspecified atom stereocenters. The topological polar surface area (TPSA) is 49.4 Å². The maximum Gasteiger partial charge on any atom is 0.152 e. The van der Waals surface area contributed by atoms with Crippen molar-refractivity contribution in [3.63, 3.8) is 0 Å². The van der Waals surface area contributed by atoms with Crippen molar-refractivity contribution in [3.05, 3.63) is 29.8 Å². The van der Waals surface area contributed by atoms with Gasteiger partial charge in [0.05, 0.1) is 11.5 Å². The van der Waals surface area contributed by atoms with E-state index in [-0.39, 0.29) is 6.04 Å². The Morgan fingerprint density at radius 3 is 2.81 bits per heavy atom. The van der Waals surface area contributed by atoms with Gasteiger partial charge in [-0.25, -0.2) is 8.42 Å². The van der Waals surface area contributed by atoms with Gasteiger partial charge in [0.25, 0.3) is 0 Å². The lowest BCUT2D eigenvalue weighted by Crippen LogP contribution is -2.43. The molecule has 3 rings (SSSR count). The first-order chi connectivity index (χ1) is 10.1. The summed E-state index contributed by atoms with van der Waals surface area (Å²) in [5.74, 6) is 0.655. The number of nitrogens with zero attached hydrogens (tertiary/aromatic N) is 1. The largest absolute Gasteiger partial charge is 0.367 e. The van der Waals surface area contributed by atoms with Gasteiger partial charge < -0.3 is 10.2 Å². The smallest absolute Gasteiger partial charge is 0.152 e. The van der Waals surface area contributed by atoms with Gasteiger partial charge in [-0.2, -0.15) is 0 Å². The number of anilines is 1. The molecule has 1 N–H and O–H groups in total. The minimum absolute atomic E-state index is 0.156. The van der Waals surface area contributed by atoms with E-state index in [1.807, 2.05) is 0 Å². The Labute approximate surface area is 127 Å². The van der Waals surface area contributed by atoms with Gasteiger partial charge >= 0.3 is 0 Å². The minimum Gasteiger partial charge on any atom is -0.367 e. The molecule has 2 atom stereocenters. The first-order valence-corrected chi connectivity index (χ1v) is 9.72. The number of fused-ring (bicyclic) bond motifs is 1. The Balaban J connectivity index is 1.84. The van der Waals surface area contributed by atoms with Crippen LogP contribution in [-0.4, -0.2) is 39.1 Å². The van der Waals surface area contributed by atoms with E-state index in [1.165, 1.54) is 11.3 Å². The molecule has 21 heavy (non-hydrogen) atoms. The second-order valence-electron chi connectivity index (χ2n) is 6.10. The van der Waals surface area contributed by atoms with E-state index < -0.39 is 9.84 Å². The molecule has 0 saturated carbocycles. The molecule has 1 fully saturated rings. The number of para-hydroxylation sites is 1. The van der Waals surface area contributed by atoms with E-state index in [1.54, 1.807) is 0 Å². The zero-order valence-corrected chi connectivity index (χ0v) is 13.4. The maximum absolute atomic E-state index is 11.8. The van der Waals surface area contributed by atoms with Crippen LogP contribution < -0.4 is 10.2 Å². The van der Waals surface area contributed by atoms with Gasteiger partial charge in [-0.05, 0) is 37.4 Å². The third kappa shape index (κ3) is 3.09. The van der Waals surface area contributed by atoms with Gasteiger partial charge in [0.15, 0.2) is 9.84 Å². The summed E-state index contributed by atoms with van der Waals surface area (Å²) in [4.78, 5) is 2.32. The second kappa shape index (κ2) is 5.97. The van der Waals surface area contributed by atoms with Gasteiger partial charge in [-0.3, -0.25) is 0 Å². The van der Waals surface area contributed by atoms with Crippen molar-refractivity contribution < 1.29 is 8.42 Å². The van der Waals surface area contributed by atoms with Crippen LogP contribution in [0.3, 0.4) is 0 Å². The van der Waals surface area contributed by atoms with Crippen molar-refractivity contribution in [1.82, 2.24) is 5.32 Å². The monoisotopic (exact) mass is 308 g/mol. The summed E-state index contributed by atoms with van der Waals surface area (Å²) >= 11 is 0. The highest BCUT2D eigenvalue weighted by atomic mass is 32.2. The van der Waals surface area contributed by atoms with E-state index in [0.29, 0.717) is 17.5 Å². The average Bonchev–Trinajstić information content (AvgIpc) is 2.84. The van der Waals surface area contributed by atoms with E-state index >= 15 is 0 Å². The van der Waals surface area contributed by atoms with Crippen LogP contribution in [0.25, 0.3) is 0 Å². The normalized spacial score (nSPS) is 27.6. The molecule has 1 saturated heterocycles. The summed E-state index contributed by atoms with van der Waals surface area (Å²) in [7, 11) is -2.83. The zero-order chi connectivity index (χ0) is 14.9. The number of hydrogen-bond acceptors (Lipinski definition) is 4. The summed E-state index contributed by atoms with van der Waals surface area (Å²) in [6.07, 6.45) is 2.94. The van der Waals surface area contributed by atoms with E-state index in [4.69, 9.17) is 0 Å². The fourth-order valence-corrected chi connectivity index (χ4v) is 5.25. The van der Waals surface area contributed by atoms with Crippen molar-refractivity contribution >= 4 is 15.5 Å². The van der Waals surface area contributed by atoms with Crippen LogP contribution in [0.4, 0.5) is 5.69 Å². The third-order valence-corrected chi connectivity index (χ3v) is 6.32. The lowest BCUT2D eigenvalue weighted by molar-refractivity contribution is 0.462. The summed E-state index contributed by atoms with van der Waals surface area (Å²) in [6.45, 7) is 4.15. The zero-order valence-electron chi connectivity index (χ0n) is 12.6. The quantitative estimate of drug-likeness (QED) is 0.926. The van der Waals surface area contributed by atoms with Gasteiger partial charge in [0.1, 0.15) is 0 Å². The highest BCUT2D eigenvalue weighted by Gasteiger charge is 2.35. The first-order valence-electron chi connectivity index (χ1n) is 7.90. The summed E-state index contributed by atoms with van der Waals surface area (Å²) in [5.41, 5.74) is 2.54. The van der Waals surface area contributed by atoms with Crippen molar-refractivity contribution in [1.29, 1.82) is 0 Å². The van der Waals surface area contributed by atoms with Crippen LogP contribution in [0.5, 0.6) is 0 Å². The molecular formula is C16H24N2O2S. The molecule has 0 amide bonds. The van der Waals surface area contributed by atoms with Crippen LogP contribution in [0.15, 0.2) is 24.3 Å². The molecule has 0 spiro atoms. The van der Waals surface area contributed by atoms with Crippen molar-refractivity contribution in [2.24, 2.45) is 0 Å². The maximum atomic E-state index is 11.8. The fourth-order valence-electron chi connectivity index (χ4n) is 3.52. The molecule has 1 aromatic carbocycles. The van der Waals surface area contributed by atoms with Crippen LogP contribution in [0.2, 0.25) is 0 Å². The van der Waals surface area contributed by atoms with Crippen molar-refractivity contribution in [2.75, 3.05) is 29.5 Å². The molecule has 2 aliphatic rings. The molecule has 2 heterocycles. The van der Waals surface area contributed by atoms with E-state index in [0.717, 1.165) is 32.4 Å². The van der Waals surface area contributed by atoms with Crippen LogP contribution in [0.1, 0.15) is 37.8 Å². The van der Waals surface area contributed by atoms with E-state index in [9.17, 15) is 8.42 Å². The molecule has 1 aromatic rings. The van der Waals surface area contributed by atoms with Crippen molar-refractivity contribution in [3.8, 4) is 0 Å². The van der Waals surface area contributed by atoms with Gasteiger partial charge in [-0.15, -0.1) is 0 Å². The minimum atomic E-state index is -2.83. The number of rotatable bonds is 4. The van der Waals surface area contributed by atoms with Crippen LogP contribution in [-0.2, 0) is 9.84 Å². The van der Waals surface area contributed by atoms with Crippen LogP contribution >= 0.6 is 0 Å². The van der Waals surface area contributed by atoms with Gasteiger partial charge in [0, 0.05) is 24.3 Å². The number of nitrogens with one attached hydrogen (secondary N) is 1. The van der Waals surface area contributed by atoms with E-state index in [2.05, 4.69) is 41.4 Å². The first kappa shape index (κ1) is 14.9. The Hall–Kier alpha value is -1.07. The lowest BCUT2D eigenvalue weighted by Gasteiger charge is -2.39. The number of hydrogen-bond donors (Lipinski definition) is 1. The van der Waals surface area contributed by atoms with Gasteiger partial charge in [0.2, 0.25) is 0 Å². The highest BCUT2D eigenvalue weighted by Crippen LogP contribution is 2.36. The Morgan fingerprint density at radius 2 is 2.10 bits per heavy atom. The van der Waals surface area contributed by atoms with Gasteiger partial charge in [-0.1, -0.05) is 25.1 Å². The molecule has 0 bridgehead atoms. The molecule has 116 valence electrons. The molecule has 0 radical (unpaired) electrons. The SMILES string of the molecule is CCCNC1CCN(C2CCS(=O)(=O)C2)c2ccccc21. The Bertz CT molecular complexity index is 600. The third-order valence-electron chi connectivity index (χ3n) is 4.57. The average molecular weight is 308 g/mol. The predicted molar refractivity (Wildman–Crippen MR) is 86.5 cm³/mol. The Kier molecular flexibility index (Phi) is 4.22. The molecular weight excluding hydrogens is 284 g/mol. The summed E-state index contributed by atoms with van der Waals surface area (Å²) in [6, 6.07) is 9.00. The standard InChI is InChI=1S/C16H24N2O2S/c1-2-9-17-15-7-10-18(13-8-11-21(19,20)12-13)16-6-4-3-5-14(15)16/h3-6,13,15,17H,2,7-12H2,1H3. The molecule has 5 heteroatoms. The number of sulfone groups is 1. The highest BCUT2D eigenvalue weighted by molar-refractivity contribution is 7.91.